The zero-order chi connectivity index (χ0) is 22.6. The Bertz CT molecular complexity index is 1200. The molecule has 1 amide bonds. The van der Waals surface area contributed by atoms with Crippen molar-refractivity contribution < 1.29 is 13.2 Å². The van der Waals surface area contributed by atoms with Gasteiger partial charge in [-0.25, -0.2) is 13.1 Å². The van der Waals surface area contributed by atoms with Gasteiger partial charge in [0.1, 0.15) is 0 Å². The summed E-state index contributed by atoms with van der Waals surface area (Å²) in [6.45, 7) is 4.02. The second-order valence-corrected chi connectivity index (χ2v) is 10.4. The van der Waals surface area contributed by atoms with Crippen molar-refractivity contribution in [3.05, 3.63) is 68.8 Å². The number of aromatic amines is 1. The van der Waals surface area contributed by atoms with Crippen molar-refractivity contribution in [3.8, 4) is 0 Å². The van der Waals surface area contributed by atoms with E-state index in [1.807, 2.05) is 13.0 Å². The summed E-state index contributed by atoms with van der Waals surface area (Å²) in [6.07, 6.45) is 3.93. The Labute approximate surface area is 193 Å². The van der Waals surface area contributed by atoms with Crippen molar-refractivity contribution in [2.45, 2.75) is 46.0 Å². The van der Waals surface area contributed by atoms with Crippen LogP contribution in [0, 0.1) is 6.92 Å². The number of unbranched alkanes of at least 4 members (excludes halogenated alkanes) is 3. The van der Waals surface area contributed by atoms with Crippen molar-refractivity contribution in [2.75, 3.05) is 5.75 Å². The number of H-pyrrole nitrogens is 1. The highest BCUT2D eigenvalue weighted by Gasteiger charge is 2.18. The van der Waals surface area contributed by atoms with Gasteiger partial charge in [0.15, 0.2) is 0 Å². The van der Waals surface area contributed by atoms with Gasteiger partial charge in [0.2, 0.25) is 10.0 Å². The summed E-state index contributed by atoms with van der Waals surface area (Å²) in [5.74, 6) is -0.670. The Morgan fingerprint density at radius 2 is 1.84 bits per heavy atom. The first-order chi connectivity index (χ1) is 14.7. The van der Waals surface area contributed by atoms with Gasteiger partial charge in [0, 0.05) is 38.6 Å². The molecule has 31 heavy (non-hydrogen) atoms. The lowest BCUT2D eigenvalue weighted by Crippen LogP contribution is -2.32. The number of benzene rings is 2. The minimum absolute atomic E-state index is 0.0510. The van der Waals surface area contributed by atoms with Crippen LogP contribution < -0.4 is 4.72 Å². The van der Waals surface area contributed by atoms with Crippen LogP contribution in [0.1, 0.15) is 59.8 Å². The minimum Gasteiger partial charge on any atom is -0.358 e. The number of aromatic nitrogens is 1. The SMILES string of the molecule is CCCCCCS(=O)(=O)NC(=O)c1ccc2[nH]c(C)c(Cc3ccc(Cl)cc3Cl)c2c1. The zero-order valence-electron chi connectivity index (χ0n) is 17.6. The maximum absolute atomic E-state index is 12.6. The highest BCUT2D eigenvalue weighted by Crippen LogP contribution is 2.29. The Morgan fingerprint density at radius 3 is 2.55 bits per heavy atom. The standard InChI is InChI=1S/C23H26Cl2N2O3S/c1-3-4-5-6-11-31(29,30)27-23(28)17-8-10-22-20(13-17)19(15(2)26-22)12-16-7-9-18(24)14-21(16)25/h7-10,13-14,26H,3-6,11-12H2,1-2H3,(H,27,28). The average molecular weight is 481 g/mol. The maximum Gasteiger partial charge on any atom is 0.264 e. The third-order valence-electron chi connectivity index (χ3n) is 5.28. The molecule has 0 fully saturated rings. The summed E-state index contributed by atoms with van der Waals surface area (Å²) < 4.78 is 26.7. The van der Waals surface area contributed by atoms with Gasteiger partial charge >= 0.3 is 0 Å². The number of aryl methyl sites for hydroxylation is 1. The molecule has 166 valence electrons. The smallest absolute Gasteiger partial charge is 0.264 e. The lowest BCUT2D eigenvalue weighted by molar-refractivity contribution is 0.0981. The van der Waals surface area contributed by atoms with Crippen LogP contribution in [0.2, 0.25) is 10.0 Å². The van der Waals surface area contributed by atoms with Gasteiger partial charge in [-0.1, -0.05) is 55.5 Å². The largest absolute Gasteiger partial charge is 0.358 e. The molecule has 0 saturated heterocycles. The molecule has 1 heterocycles. The molecule has 0 atom stereocenters. The summed E-state index contributed by atoms with van der Waals surface area (Å²) in [4.78, 5) is 15.9. The normalized spacial score (nSPS) is 11.7. The monoisotopic (exact) mass is 480 g/mol. The molecule has 0 bridgehead atoms. The highest BCUT2D eigenvalue weighted by atomic mass is 35.5. The second-order valence-electron chi connectivity index (χ2n) is 7.71. The predicted molar refractivity (Wildman–Crippen MR) is 128 cm³/mol. The number of fused-ring (bicyclic) bond motifs is 1. The molecule has 0 radical (unpaired) electrons. The average Bonchev–Trinajstić information content (AvgIpc) is 3.01. The quantitative estimate of drug-likeness (QED) is 0.367. The van der Waals surface area contributed by atoms with E-state index in [9.17, 15) is 13.2 Å². The van der Waals surface area contributed by atoms with E-state index >= 15 is 0 Å². The molecule has 1 aromatic heterocycles. The number of nitrogens with one attached hydrogen (secondary N) is 2. The molecule has 0 aliphatic heterocycles. The van der Waals surface area contributed by atoms with Crippen LogP contribution in [0.3, 0.4) is 0 Å². The van der Waals surface area contributed by atoms with E-state index in [0.717, 1.165) is 47.0 Å². The van der Waals surface area contributed by atoms with Gasteiger partial charge in [0.05, 0.1) is 5.75 Å². The molecular formula is C23H26Cl2N2O3S. The fraction of sp³-hybridized carbons (Fsp3) is 0.348. The molecule has 0 aliphatic rings. The third kappa shape index (κ3) is 6.03. The molecule has 0 spiro atoms. The van der Waals surface area contributed by atoms with Crippen LogP contribution in [-0.4, -0.2) is 25.1 Å². The van der Waals surface area contributed by atoms with Crippen molar-refractivity contribution in [1.82, 2.24) is 9.71 Å². The summed E-state index contributed by atoms with van der Waals surface area (Å²) in [5.41, 5.74) is 4.04. The van der Waals surface area contributed by atoms with E-state index < -0.39 is 15.9 Å². The van der Waals surface area contributed by atoms with Crippen LogP contribution in [0.25, 0.3) is 10.9 Å². The summed E-state index contributed by atoms with van der Waals surface area (Å²) in [7, 11) is -3.66. The molecular weight excluding hydrogens is 455 g/mol. The van der Waals surface area contributed by atoms with Gasteiger partial charge in [0.25, 0.3) is 5.91 Å². The summed E-state index contributed by atoms with van der Waals surface area (Å²) in [5, 5.41) is 2.00. The van der Waals surface area contributed by atoms with Crippen LogP contribution in [0.5, 0.6) is 0 Å². The lowest BCUT2D eigenvalue weighted by Gasteiger charge is -2.08. The number of hydrogen-bond donors (Lipinski definition) is 2. The van der Waals surface area contributed by atoms with Crippen LogP contribution in [0.15, 0.2) is 36.4 Å². The van der Waals surface area contributed by atoms with Gasteiger partial charge in [-0.2, -0.15) is 0 Å². The molecule has 0 unspecified atom stereocenters. The third-order valence-corrected chi connectivity index (χ3v) is 7.19. The van der Waals surface area contributed by atoms with Gasteiger partial charge in [-0.15, -0.1) is 0 Å². The lowest BCUT2D eigenvalue weighted by atomic mass is 10.0. The van der Waals surface area contributed by atoms with Crippen molar-refractivity contribution in [1.29, 1.82) is 0 Å². The second kappa shape index (κ2) is 10.1. The van der Waals surface area contributed by atoms with Crippen LogP contribution in [-0.2, 0) is 16.4 Å². The zero-order valence-corrected chi connectivity index (χ0v) is 19.9. The van der Waals surface area contributed by atoms with E-state index in [1.54, 1.807) is 30.3 Å². The number of carbonyl (C=O) groups is 1. The molecule has 3 aromatic rings. The first-order valence-corrected chi connectivity index (χ1v) is 12.7. The fourth-order valence-corrected chi connectivity index (χ4v) is 5.14. The number of halogens is 2. The molecule has 3 rings (SSSR count). The fourth-order valence-electron chi connectivity index (χ4n) is 3.58. The predicted octanol–water partition coefficient (Wildman–Crippen LogP) is 6.01. The van der Waals surface area contributed by atoms with Gasteiger partial charge in [-0.3, -0.25) is 4.79 Å². The minimum atomic E-state index is -3.66. The van der Waals surface area contributed by atoms with Crippen molar-refractivity contribution >= 4 is 50.0 Å². The van der Waals surface area contributed by atoms with E-state index in [2.05, 4.69) is 16.6 Å². The van der Waals surface area contributed by atoms with E-state index in [-0.39, 0.29) is 5.75 Å². The van der Waals surface area contributed by atoms with E-state index in [0.29, 0.717) is 28.5 Å². The van der Waals surface area contributed by atoms with E-state index in [1.165, 1.54) is 0 Å². The first-order valence-electron chi connectivity index (χ1n) is 10.3. The number of hydrogen-bond acceptors (Lipinski definition) is 3. The molecule has 5 nitrogen and oxygen atoms in total. The highest BCUT2D eigenvalue weighted by molar-refractivity contribution is 7.90. The Morgan fingerprint density at radius 1 is 1.06 bits per heavy atom. The number of amides is 1. The van der Waals surface area contributed by atoms with Crippen molar-refractivity contribution in [3.63, 3.8) is 0 Å². The Balaban J connectivity index is 1.83. The van der Waals surface area contributed by atoms with Gasteiger partial charge in [-0.05, 0) is 54.8 Å². The van der Waals surface area contributed by atoms with Crippen LogP contribution >= 0.6 is 23.2 Å². The first kappa shape index (κ1) is 23.6. The van der Waals surface area contributed by atoms with E-state index in [4.69, 9.17) is 23.2 Å². The number of carbonyl (C=O) groups excluding carboxylic acids is 1. The maximum atomic E-state index is 12.6. The molecule has 2 aromatic carbocycles. The van der Waals surface area contributed by atoms with Crippen molar-refractivity contribution in [2.24, 2.45) is 0 Å². The molecule has 2 N–H and O–H groups in total. The van der Waals surface area contributed by atoms with Gasteiger partial charge < -0.3 is 4.98 Å². The Kier molecular flexibility index (Phi) is 7.68. The number of sulfonamides is 1. The number of rotatable bonds is 9. The topological polar surface area (TPSA) is 79.0 Å². The summed E-state index contributed by atoms with van der Waals surface area (Å²) in [6, 6.07) is 10.5. The van der Waals surface area contributed by atoms with Crippen LogP contribution in [0.4, 0.5) is 0 Å². The molecule has 0 saturated carbocycles. The Hall–Kier alpha value is -2.02. The molecule has 8 heteroatoms. The molecule has 0 aliphatic carbocycles. The summed E-state index contributed by atoms with van der Waals surface area (Å²) >= 11 is 12.3.